The van der Waals surface area contributed by atoms with E-state index in [1.54, 1.807) is 45.3 Å². The van der Waals surface area contributed by atoms with E-state index < -0.39 is 5.97 Å². The van der Waals surface area contributed by atoms with Crippen LogP contribution in [0, 0.1) is 6.92 Å². The second-order valence-electron chi connectivity index (χ2n) is 4.88. The van der Waals surface area contributed by atoms with E-state index in [-0.39, 0.29) is 18.0 Å². The van der Waals surface area contributed by atoms with Crippen molar-refractivity contribution in [1.82, 2.24) is 4.90 Å². The second kappa shape index (κ2) is 6.34. The maximum absolute atomic E-state index is 12.3. The number of furan rings is 1. The SMILES string of the molecule is COc1ccc(C(=O)N(C)Cc2cc(C(=O)O)c(C)o2)cc1. The molecule has 1 aromatic heterocycles. The molecule has 0 atom stereocenters. The van der Waals surface area contributed by atoms with Crippen LogP contribution in [0.2, 0.25) is 0 Å². The van der Waals surface area contributed by atoms with Crippen LogP contribution < -0.4 is 4.74 Å². The minimum Gasteiger partial charge on any atom is -0.497 e. The van der Waals surface area contributed by atoms with Gasteiger partial charge in [-0.05, 0) is 37.3 Å². The first kappa shape index (κ1) is 15.6. The van der Waals surface area contributed by atoms with Gasteiger partial charge in [0.2, 0.25) is 0 Å². The van der Waals surface area contributed by atoms with Crippen molar-refractivity contribution >= 4 is 11.9 Å². The Hall–Kier alpha value is -2.76. The van der Waals surface area contributed by atoms with Gasteiger partial charge in [0.15, 0.2) is 0 Å². The number of carbonyl (C=O) groups excluding carboxylic acids is 1. The quantitative estimate of drug-likeness (QED) is 0.918. The molecule has 0 radical (unpaired) electrons. The van der Waals surface area contributed by atoms with Gasteiger partial charge in [-0.3, -0.25) is 4.79 Å². The van der Waals surface area contributed by atoms with Crippen molar-refractivity contribution < 1.29 is 23.8 Å². The van der Waals surface area contributed by atoms with Gasteiger partial charge >= 0.3 is 5.97 Å². The fraction of sp³-hybridized carbons (Fsp3) is 0.250. The number of nitrogens with zero attached hydrogens (tertiary/aromatic N) is 1. The molecule has 22 heavy (non-hydrogen) atoms. The number of hydrogen-bond donors (Lipinski definition) is 1. The van der Waals surface area contributed by atoms with E-state index in [0.717, 1.165) is 0 Å². The standard InChI is InChI=1S/C16H17NO5/c1-10-14(16(19)20)8-13(22-10)9-17(2)15(18)11-4-6-12(21-3)7-5-11/h4-8H,9H2,1-3H3,(H,19,20). The van der Waals surface area contributed by atoms with Gasteiger partial charge in [-0.1, -0.05) is 0 Å². The van der Waals surface area contributed by atoms with E-state index in [2.05, 4.69) is 0 Å². The average Bonchev–Trinajstić information content (AvgIpc) is 2.87. The molecule has 1 N–H and O–H groups in total. The van der Waals surface area contributed by atoms with Gasteiger partial charge in [-0.2, -0.15) is 0 Å². The molecular weight excluding hydrogens is 286 g/mol. The first-order valence-electron chi connectivity index (χ1n) is 6.64. The fourth-order valence-electron chi connectivity index (χ4n) is 2.09. The molecule has 0 unspecified atom stereocenters. The summed E-state index contributed by atoms with van der Waals surface area (Å²) in [6.45, 7) is 1.78. The zero-order valence-corrected chi connectivity index (χ0v) is 12.6. The number of rotatable bonds is 5. The predicted molar refractivity (Wildman–Crippen MR) is 79.2 cm³/mol. The minimum atomic E-state index is -1.04. The highest BCUT2D eigenvalue weighted by Gasteiger charge is 2.17. The lowest BCUT2D eigenvalue weighted by Gasteiger charge is -2.15. The topological polar surface area (TPSA) is 80.0 Å². The van der Waals surface area contributed by atoms with Crippen LogP contribution in [0.4, 0.5) is 0 Å². The summed E-state index contributed by atoms with van der Waals surface area (Å²) in [4.78, 5) is 24.7. The summed E-state index contributed by atoms with van der Waals surface area (Å²) in [5.74, 6) is 0.198. The Labute approximate surface area is 127 Å². The molecule has 2 rings (SSSR count). The van der Waals surface area contributed by atoms with Crippen molar-refractivity contribution in [3.63, 3.8) is 0 Å². The Morgan fingerprint density at radius 1 is 1.27 bits per heavy atom. The first-order chi connectivity index (χ1) is 10.4. The Bertz CT molecular complexity index is 687. The lowest BCUT2D eigenvalue weighted by molar-refractivity contribution is 0.0694. The number of methoxy groups -OCH3 is 1. The minimum absolute atomic E-state index is 0.111. The monoisotopic (exact) mass is 303 g/mol. The summed E-state index contributed by atoms with van der Waals surface area (Å²) in [5.41, 5.74) is 0.630. The van der Waals surface area contributed by atoms with E-state index in [0.29, 0.717) is 22.8 Å². The van der Waals surface area contributed by atoms with Gasteiger partial charge < -0.3 is 19.2 Å². The largest absolute Gasteiger partial charge is 0.497 e. The number of carbonyl (C=O) groups is 2. The molecule has 0 saturated heterocycles. The van der Waals surface area contributed by atoms with Crippen molar-refractivity contribution in [2.75, 3.05) is 14.2 Å². The number of carboxylic acids is 1. The Balaban J connectivity index is 2.10. The normalized spacial score (nSPS) is 10.3. The predicted octanol–water partition coefficient (Wildman–Crippen LogP) is 2.57. The van der Waals surface area contributed by atoms with Crippen molar-refractivity contribution in [2.45, 2.75) is 13.5 Å². The number of benzene rings is 1. The van der Waals surface area contributed by atoms with Gasteiger partial charge in [0.1, 0.15) is 22.8 Å². The van der Waals surface area contributed by atoms with Crippen LogP contribution in [0.3, 0.4) is 0 Å². The van der Waals surface area contributed by atoms with Crippen LogP contribution in [-0.4, -0.2) is 36.0 Å². The zero-order valence-electron chi connectivity index (χ0n) is 12.6. The maximum atomic E-state index is 12.3. The highest BCUT2D eigenvalue weighted by molar-refractivity contribution is 5.94. The van der Waals surface area contributed by atoms with Crippen LogP contribution in [0.5, 0.6) is 5.75 Å². The van der Waals surface area contributed by atoms with Crippen LogP contribution >= 0.6 is 0 Å². The van der Waals surface area contributed by atoms with Crippen molar-refractivity contribution in [1.29, 1.82) is 0 Å². The number of aromatic carboxylic acids is 1. The van der Waals surface area contributed by atoms with E-state index in [1.807, 2.05) is 0 Å². The molecule has 0 aliphatic carbocycles. The van der Waals surface area contributed by atoms with Gasteiger partial charge in [0.05, 0.1) is 13.7 Å². The molecule has 6 heteroatoms. The zero-order chi connectivity index (χ0) is 16.3. The Kier molecular flexibility index (Phi) is 4.50. The molecule has 0 aliphatic heterocycles. The molecule has 1 amide bonds. The number of ether oxygens (including phenoxy) is 1. The molecule has 0 aliphatic rings. The van der Waals surface area contributed by atoms with Gasteiger partial charge in [0.25, 0.3) is 5.91 Å². The summed E-state index contributed by atoms with van der Waals surface area (Å²) in [6.07, 6.45) is 0. The number of hydrogen-bond acceptors (Lipinski definition) is 4. The van der Waals surface area contributed by atoms with Gasteiger partial charge in [-0.25, -0.2) is 4.79 Å². The number of aryl methyl sites for hydroxylation is 1. The van der Waals surface area contributed by atoms with E-state index >= 15 is 0 Å². The average molecular weight is 303 g/mol. The molecule has 1 heterocycles. The summed E-state index contributed by atoms with van der Waals surface area (Å²) < 4.78 is 10.4. The highest BCUT2D eigenvalue weighted by Crippen LogP contribution is 2.18. The third-order valence-corrected chi connectivity index (χ3v) is 3.28. The maximum Gasteiger partial charge on any atom is 0.339 e. The molecular formula is C16H17NO5. The smallest absolute Gasteiger partial charge is 0.339 e. The molecule has 116 valence electrons. The lowest BCUT2D eigenvalue weighted by Crippen LogP contribution is -2.25. The van der Waals surface area contributed by atoms with Crippen molar-refractivity contribution in [3.05, 3.63) is 53.0 Å². The van der Waals surface area contributed by atoms with E-state index in [9.17, 15) is 9.59 Å². The molecule has 0 spiro atoms. The van der Waals surface area contributed by atoms with Gasteiger partial charge in [-0.15, -0.1) is 0 Å². The van der Waals surface area contributed by atoms with Crippen molar-refractivity contribution in [2.24, 2.45) is 0 Å². The van der Waals surface area contributed by atoms with Crippen LogP contribution in [0.15, 0.2) is 34.7 Å². The summed E-state index contributed by atoms with van der Waals surface area (Å²) in [7, 11) is 3.19. The van der Waals surface area contributed by atoms with Crippen LogP contribution in [0.25, 0.3) is 0 Å². The van der Waals surface area contributed by atoms with E-state index in [1.165, 1.54) is 11.0 Å². The van der Waals surface area contributed by atoms with Crippen molar-refractivity contribution in [3.8, 4) is 5.75 Å². The first-order valence-corrected chi connectivity index (χ1v) is 6.64. The summed E-state index contributed by atoms with van der Waals surface area (Å²) >= 11 is 0. The number of carboxylic acid groups (broad SMARTS) is 1. The Morgan fingerprint density at radius 3 is 2.41 bits per heavy atom. The third kappa shape index (κ3) is 3.28. The molecule has 6 nitrogen and oxygen atoms in total. The van der Waals surface area contributed by atoms with E-state index in [4.69, 9.17) is 14.3 Å². The highest BCUT2D eigenvalue weighted by atomic mass is 16.5. The fourth-order valence-corrected chi connectivity index (χ4v) is 2.09. The molecule has 2 aromatic rings. The summed E-state index contributed by atoms with van der Waals surface area (Å²) in [6, 6.07) is 8.21. The molecule has 1 aromatic carbocycles. The van der Waals surface area contributed by atoms with Crippen LogP contribution in [0.1, 0.15) is 32.2 Å². The van der Waals surface area contributed by atoms with Gasteiger partial charge in [0, 0.05) is 12.6 Å². The molecule has 0 saturated carbocycles. The molecule has 0 bridgehead atoms. The molecule has 0 fully saturated rings. The number of amides is 1. The Morgan fingerprint density at radius 2 is 1.91 bits per heavy atom. The summed E-state index contributed by atoms with van der Waals surface area (Å²) in [5, 5.41) is 9.00. The van der Waals surface area contributed by atoms with Crippen LogP contribution in [-0.2, 0) is 6.54 Å². The third-order valence-electron chi connectivity index (χ3n) is 3.28. The lowest BCUT2D eigenvalue weighted by atomic mass is 10.2. The second-order valence-corrected chi connectivity index (χ2v) is 4.88.